The average molecular weight is 345 g/mol. The molecule has 0 amide bonds. The molecule has 20 heavy (non-hydrogen) atoms. The fourth-order valence-corrected chi connectivity index (χ4v) is 3.56. The van der Waals surface area contributed by atoms with Gasteiger partial charge in [0.05, 0.1) is 5.52 Å². The number of halogens is 1. The van der Waals surface area contributed by atoms with Gasteiger partial charge >= 0.3 is 0 Å². The first-order valence-electron chi connectivity index (χ1n) is 6.25. The minimum atomic E-state index is 0.614. The van der Waals surface area contributed by atoms with Gasteiger partial charge in [0.25, 0.3) is 0 Å². The number of fused-ring (bicyclic) bond motifs is 1. The molecule has 0 aliphatic carbocycles. The average Bonchev–Trinajstić information content (AvgIpc) is 2.46. The van der Waals surface area contributed by atoms with Crippen molar-refractivity contribution >= 4 is 44.4 Å². The summed E-state index contributed by atoms with van der Waals surface area (Å²) in [6.07, 6.45) is 0. The molecule has 0 radical (unpaired) electrons. The van der Waals surface area contributed by atoms with E-state index in [-0.39, 0.29) is 0 Å². The molecule has 0 fully saturated rings. The molecule has 100 valence electrons. The van der Waals surface area contributed by atoms with Gasteiger partial charge in [0, 0.05) is 26.1 Å². The van der Waals surface area contributed by atoms with E-state index in [2.05, 4.69) is 39.1 Å². The summed E-state index contributed by atoms with van der Waals surface area (Å²) in [4.78, 5) is 5.67. The van der Waals surface area contributed by atoms with E-state index in [1.807, 2.05) is 36.4 Å². The second kappa shape index (κ2) is 5.85. The highest BCUT2D eigenvalue weighted by atomic mass is 79.9. The quantitative estimate of drug-likeness (QED) is 0.688. The van der Waals surface area contributed by atoms with Crippen LogP contribution in [0.2, 0.25) is 0 Å². The van der Waals surface area contributed by atoms with Crippen molar-refractivity contribution in [3.63, 3.8) is 0 Å². The van der Waals surface area contributed by atoms with E-state index in [1.165, 1.54) is 4.90 Å². The van der Waals surface area contributed by atoms with Crippen LogP contribution in [0.25, 0.3) is 10.9 Å². The van der Waals surface area contributed by atoms with Crippen molar-refractivity contribution in [2.45, 2.75) is 10.6 Å². The lowest BCUT2D eigenvalue weighted by Gasteiger charge is -2.08. The Bertz CT molecular complexity index is 758. The molecule has 0 saturated heterocycles. The smallest absolute Gasteiger partial charge is 0.128 e. The molecule has 0 saturated carbocycles. The summed E-state index contributed by atoms with van der Waals surface area (Å²) in [6, 6.07) is 18.4. The molecule has 0 aliphatic rings. The molecule has 1 aromatic heterocycles. The van der Waals surface area contributed by atoms with Crippen LogP contribution in [0.5, 0.6) is 0 Å². The monoisotopic (exact) mass is 344 g/mol. The zero-order valence-electron chi connectivity index (χ0n) is 10.7. The molecule has 3 aromatic rings. The number of pyridine rings is 1. The molecule has 4 heteroatoms. The van der Waals surface area contributed by atoms with Crippen molar-refractivity contribution in [1.29, 1.82) is 0 Å². The van der Waals surface area contributed by atoms with Crippen LogP contribution in [-0.4, -0.2) is 4.98 Å². The second-order valence-electron chi connectivity index (χ2n) is 4.44. The van der Waals surface area contributed by atoms with E-state index < -0.39 is 0 Å². The summed E-state index contributed by atoms with van der Waals surface area (Å²) in [6.45, 7) is 0. The summed E-state index contributed by atoms with van der Waals surface area (Å²) in [5.41, 5.74) is 8.07. The number of hydrogen-bond acceptors (Lipinski definition) is 3. The molecular formula is C16H13BrN2S. The minimum absolute atomic E-state index is 0.614. The Hall–Kier alpha value is -1.52. The number of rotatable bonds is 3. The van der Waals surface area contributed by atoms with Crippen LogP contribution in [0.15, 0.2) is 64.0 Å². The fourth-order valence-electron chi connectivity index (χ4n) is 2.01. The Morgan fingerprint density at radius 3 is 2.65 bits per heavy atom. The number of anilines is 1. The molecule has 3 rings (SSSR count). The van der Waals surface area contributed by atoms with Gasteiger partial charge in [-0.25, -0.2) is 4.98 Å². The van der Waals surface area contributed by atoms with Gasteiger partial charge in [-0.05, 0) is 40.2 Å². The Morgan fingerprint density at radius 1 is 1.05 bits per heavy atom. The first-order chi connectivity index (χ1) is 9.74. The predicted octanol–water partition coefficient (Wildman–Crippen LogP) is 4.87. The zero-order valence-corrected chi connectivity index (χ0v) is 13.1. The topological polar surface area (TPSA) is 38.9 Å². The van der Waals surface area contributed by atoms with Crippen LogP contribution < -0.4 is 5.73 Å². The minimum Gasteiger partial charge on any atom is -0.383 e. The van der Waals surface area contributed by atoms with Crippen LogP contribution in [0.4, 0.5) is 5.82 Å². The lowest BCUT2D eigenvalue weighted by atomic mass is 10.1. The maximum atomic E-state index is 6.05. The summed E-state index contributed by atoms with van der Waals surface area (Å²) in [7, 11) is 0. The molecule has 2 aromatic carbocycles. The van der Waals surface area contributed by atoms with Gasteiger partial charge in [0.1, 0.15) is 5.82 Å². The van der Waals surface area contributed by atoms with Gasteiger partial charge in [0.2, 0.25) is 0 Å². The number of hydrogen-bond donors (Lipinski definition) is 1. The van der Waals surface area contributed by atoms with Crippen molar-refractivity contribution in [2.24, 2.45) is 0 Å². The maximum absolute atomic E-state index is 6.05. The van der Waals surface area contributed by atoms with E-state index in [9.17, 15) is 0 Å². The van der Waals surface area contributed by atoms with E-state index in [0.717, 1.165) is 26.7 Å². The number of nitrogen functional groups attached to an aromatic ring is 1. The predicted molar refractivity (Wildman–Crippen MR) is 89.9 cm³/mol. The lowest BCUT2D eigenvalue weighted by Crippen LogP contribution is -1.97. The number of nitrogens with zero attached hydrogens (tertiary/aromatic N) is 1. The van der Waals surface area contributed by atoms with Gasteiger partial charge in [-0.15, -0.1) is 11.8 Å². The molecule has 0 unspecified atom stereocenters. The molecule has 2 nitrogen and oxygen atoms in total. The maximum Gasteiger partial charge on any atom is 0.128 e. The number of thioether (sulfide) groups is 1. The summed E-state index contributed by atoms with van der Waals surface area (Å²) in [5, 5.41) is 1.13. The third-order valence-electron chi connectivity index (χ3n) is 3.06. The highest BCUT2D eigenvalue weighted by Crippen LogP contribution is 2.31. The van der Waals surface area contributed by atoms with E-state index in [0.29, 0.717) is 5.82 Å². The third kappa shape index (κ3) is 2.81. The highest BCUT2D eigenvalue weighted by molar-refractivity contribution is 9.10. The van der Waals surface area contributed by atoms with Crippen molar-refractivity contribution < 1.29 is 0 Å². The van der Waals surface area contributed by atoms with Gasteiger partial charge in [-0.2, -0.15) is 0 Å². The largest absolute Gasteiger partial charge is 0.383 e. The molecule has 0 aliphatic heterocycles. The molecule has 2 N–H and O–H groups in total. The molecule has 0 bridgehead atoms. The van der Waals surface area contributed by atoms with E-state index >= 15 is 0 Å². The first-order valence-corrected chi connectivity index (χ1v) is 8.03. The Morgan fingerprint density at radius 2 is 1.80 bits per heavy atom. The summed E-state index contributed by atoms with van der Waals surface area (Å²) in [5.74, 6) is 1.43. The SMILES string of the molecule is Nc1nc2ccccc2cc1CSc1ccccc1Br. The zero-order chi connectivity index (χ0) is 13.9. The molecule has 1 heterocycles. The van der Waals surface area contributed by atoms with Crippen LogP contribution in [-0.2, 0) is 5.75 Å². The standard InChI is InChI=1S/C16H13BrN2S/c17-13-6-2-4-8-15(13)20-10-12-9-11-5-1-3-7-14(11)19-16(12)18/h1-9H,10H2,(H2,18,19). The van der Waals surface area contributed by atoms with Crippen LogP contribution in [0.3, 0.4) is 0 Å². The van der Waals surface area contributed by atoms with Gasteiger partial charge in [-0.3, -0.25) is 0 Å². The first kappa shape index (κ1) is 13.5. The van der Waals surface area contributed by atoms with E-state index in [4.69, 9.17) is 5.73 Å². The third-order valence-corrected chi connectivity index (χ3v) is 5.13. The Kier molecular flexibility index (Phi) is 3.94. The Labute approximate surface area is 130 Å². The fraction of sp³-hybridized carbons (Fsp3) is 0.0625. The van der Waals surface area contributed by atoms with Crippen LogP contribution in [0.1, 0.15) is 5.56 Å². The van der Waals surface area contributed by atoms with E-state index in [1.54, 1.807) is 11.8 Å². The number of benzene rings is 2. The second-order valence-corrected chi connectivity index (χ2v) is 6.32. The summed E-state index contributed by atoms with van der Waals surface area (Å²) >= 11 is 5.32. The van der Waals surface area contributed by atoms with Crippen molar-refractivity contribution in [3.05, 3.63) is 64.6 Å². The van der Waals surface area contributed by atoms with Crippen molar-refractivity contribution in [1.82, 2.24) is 4.98 Å². The number of para-hydroxylation sites is 1. The summed E-state index contributed by atoms with van der Waals surface area (Å²) < 4.78 is 1.11. The molecule has 0 atom stereocenters. The van der Waals surface area contributed by atoms with Gasteiger partial charge < -0.3 is 5.73 Å². The molecular weight excluding hydrogens is 332 g/mol. The highest BCUT2D eigenvalue weighted by Gasteiger charge is 2.06. The van der Waals surface area contributed by atoms with Crippen LogP contribution >= 0.6 is 27.7 Å². The number of aromatic nitrogens is 1. The number of nitrogens with two attached hydrogens (primary N) is 1. The normalized spacial score (nSPS) is 10.8. The molecule has 0 spiro atoms. The van der Waals surface area contributed by atoms with Gasteiger partial charge in [0.15, 0.2) is 0 Å². The Balaban J connectivity index is 1.87. The lowest BCUT2D eigenvalue weighted by molar-refractivity contribution is 1.30. The van der Waals surface area contributed by atoms with Crippen molar-refractivity contribution in [2.75, 3.05) is 5.73 Å². The van der Waals surface area contributed by atoms with Gasteiger partial charge in [-0.1, -0.05) is 30.3 Å². The van der Waals surface area contributed by atoms with Crippen molar-refractivity contribution in [3.8, 4) is 0 Å². The van der Waals surface area contributed by atoms with Crippen LogP contribution in [0, 0.1) is 0 Å².